The molecule has 0 fully saturated rings. The molecule has 0 spiro atoms. The van der Waals surface area contributed by atoms with E-state index in [-0.39, 0.29) is 6.04 Å². The fourth-order valence-corrected chi connectivity index (χ4v) is 2.74. The largest absolute Gasteiger partial charge is 0.372 e. The average molecular weight is 305 g/mol. The van der Waals surface area contributed by atoms with E-state index in [1.165, 1.54) is 12.0 Å². The summed E-state index contributed by atoms with van der Waals surface area (Å²) in [6, 6.07) is 20.9. The number of imidazole rings is 1. The molecular formula is C20H23N3. The predicted molar refractivity (Wildman–Crippen MR) is 95.5 cm³/mol. The van der Waals surface area contributed by atoms with E-state index >= 15 is 0 Å². The van der Waals surface area contributed by atoms with Gasteiger partial charge in [-0.05, 0) is 24.1 Å². The molecule has 0 radical (unpaired) electrons. The first kappa shape index (κ1) is 15.3. The van der Waals surface area contributed by atoms with Crippen LogP contribution in [0.1, 0.15) is 37.2 Å². The van der Waals surface area contributed by atoms with Gasteiger partial charge < -0.3 is 9.88 Å². The Morgan fingerprint density at radius 2 is 1.70 bits per heavy atom. The highest BCUT2D eigenvalue weighted by molar-refractivity contribution is 5.47. The average Bonchev–Trinajstić information content (AvgIpc) is 3.07. The maximum Gasteiger partial charge on any atom is 0.135 e. The van der Waals surface area contributed by atoms with Crippen molar-refractivity contribution in [3.05, 3.63) is 84.4 Å². The summed E-state index contributed by atoms with van der Waals surface area (Å²) in [4.78, 5) is 4.64. The van der Waals surface area contributed by atoms with Gasteiger partial charge in [-0.15, -0.1) is 0 Å². The number of hydrogen-bond donors (Lipinski definition) is 1. The van der Waals surface area contributed by atoms with E-state index in [0.717, 1.165) is 24.5 Å². The molecule has 3 nitrogen and oxygen atoms in total. The van der Waals surface area contributed by atoms with Crippen molar-refractivity contribution in [1.82, 2.24) is 9.55 Å². The third-order valence-corrected chi connectivity index (χ3v) is 3.98. The Morgan fingerprint density at radius 1 is 1.00 bits per heavy atom. The van der Waals surface area contributed by atoms with Gasteiger partial charge in [-0.2, -0.15) is 0 Å². The zero-order chi connectivity index (χ0) is 15.9. The summed E-state index contributed by atoms with van der Waals surface area (Å²) in [5, 5.41) is 3.63. The third-order valence-electron chi connectivity index (χ3n) is 3.98. The molecule has 0 aliphatic carbocycles. The number of para-hydroxylation sites is 1. The van der Waals surface area contributed by atoms with Gasteiger partial charge in [-0.1, -0.05) is 61.9 Å². The topological polar surface area (TPSA) is 29.9 Å². The molecule has 1 heterocycles. The lowest BCUT2D eigenvalue weighted by atomic mass is 10.1. The molecule has 118 valence electrons. The first-order chi connectivity index (χ1) is 11.4. The lowest BCUT2D eigenvalue weighted by molar-refractivity contribution is 0.593. The van der Waals surface area contributed by atoms with Crippen LogP contribution in [0.25, 0.3) is 0 Å². The number of anilines is 1. The minimum atomic E-state index is 0.0467. The molecular weight excluding hydrogens is 282 g/mol. The number of rotatable bonds is 7. The predicted octanol–water partition coefficient (Wildman–Crippen LogP) is 4.88. The molecule has 0 aliphatic heterocycles. The lowest BCUT2D eigenvalue weighted by Crippen LogP contribution is -2.18. The molecule has 0 saturated carbocycles. The van der Waals surface area contributed by atoms with E-state index < -0.39 is 0 Å². The van der Waals surface area contributed by atoms with Gasteiger partial charge in [0.1, 0.15) is 11.9 Å². The highest BCUT2D eigenvalue weighted by Gasteiger charge is 2.18. The Balaban J connectivity index is 1.94. The number of benzene rings is 2. The van der Waals surface area contributed by atoms with Crippen LogP contribution in [0.15, 0.2) is 73.1 Å². The van der Waals surface area contributed by atoms with Gasteiger partial charge in [-0.25, -0.2) is 4.98 Å². The Morgan fingerprint density at radius 3 is 2.39 bits per heavy atom. The van der Waals surface area contributed by atoms with Gasteiger partial charge >= 0.3 is 0 Å². The first-order valence-electron chi connectivity index (χ1n) is 8.26. The van der Waals surface area contributed by atoms with Crippen molar-refractivity contribution in [3.8, 4) is 0 Å². The third kappa shape index (κ3) is 3.81. The van der Waals surface area contributed by atoms with E-state index in [1.807, 2.05) is 30.5 Å². The molecule has 1 N–H and O–H groups in total. The SMILES string of the molecule is CCCCn1ccnc1C(Nc1ccccc1)c1ccccc1. The first-order valence-corrected chi connectivity index (χ1v) is 8.26. The molecule has 1 aromatic heterocycles. The van der Waals surface area contributed by atoms with Crippen LogP contribution in [-0.4, -0.2) is 9.55 Å². The standard InChI is InChI=1S/C20H23N3/c1-2-3-15-23-16-14-21-20(23)19(17-10-6-4-7-11-17)22-18-12-8-5-9-13-18/h4-14,16,19,22H,2-3,15H2,1H3. The van der Waals surface area contributed by atoms with Crippen LogP contribution in [0, 0.1) is 0 Å². The number of unbranched alkanes of at least 4 members (excludes halogenated alkanes) is 1. The van der Waals surface area contributed by atoms with E-state index in [0.29, 0.717) is 0 Å². The summed E-state index contributed by atoms with van der Waals surface area (Å²) >= 11 is 0. The Bertz CT molecular complexity index is 704. The molecule has 23 heavy (non-hydrogen) atoms. The van der Waals surface area contributed by atoms with E-state index in [4.69, 9.17) is 0 Å². The summed E-state index contributed by atoms with van der Waals surface area (Å²) in [5.74, 6) is 1.06. The Hall–Kier alpha value is -2.55. The summed E-state index contributed by atoms with van der Waals surface area (Å²) in [5.41, 5.74) is 2.33. The maximum atomic E-state index is 4.64. The van der Waals surface area contributed by atoms with Crippen molar-refractivity contribution in [1.29, 1.82) is 0 Å². The molecule has 0 saturated heterocycles. The minimum Gasteiger partial charge on any atom is -0.372 e. The van der Waals surface area contributed by atoms with E-state index in [2.05, 4.69) is 64.4 Å². The second kappa shape index (κ2) is 7.63. The minimum absolute atomic E-state index is 0.0467. The van der Waals surface area contributed by atoms with E-state index in [1.54, 1.807) is 0 Å². The smallest absolute Gasteiger partial charge is 0.135 e. The zero-order valence-corrected chi connectivity index (χ0v) is 13.5. The van der Waals surface area contributed by atoms with Gasteiger partial charge in [0.2, 0.25) is 0 Å². The number of aromatic nitrogens is 2. The summed E-state index contributed by atoms with van der Waals surface area (Å²) < 4.78 is 2.26. The van der Waals surface area contributed by atoms with Gasteiger partial charge in [0, 0.05) is 24.6 Å². The van der Waals surface area contributed by atoms with Gasteiger partial charge in [0.05, 0.1) is 0 Å². The lowest BCUT2D eigenvalue weighted by Gasteiger charge is -2.21. The Kier molecular flexibility index (Phi) is 5.09. The molecule has 3 aromatic rings. The molecule has 2 aromatic carbocycles. The van der Waals surface area contributed by atoms with Gasteiger partial charge in [0.25, 0.3) is 0 Å². The van der Waals surface area contributed by atoms with Crippen molar-refractivity contribution in [2.75, 3.05) is 5.32 Å². The van der Waals surface area contributed by atoms with Crippen molar-refractivity contribution in [3.63, 3.8) is 0 Å². The zero-order valence-electron chi connectivity index (χ0n) is 13.5. The fourth-order valence-electron chi connectivity index (χ4n) is 2.74. The summed E-state index contributed by atoms with van der Waals surface area (Å²) in [6.07, 6.45) is 6.32. The van der Waals surface area contributed by atoms with Gasteiger partial charge in [0.15, 0.2) is 0 Å². The molecule has 1 unspecified atom stereocenters. The number of nitrogens with zero attached hydrogens (tertiary/aromatic N) is 2. The quantitative estimate of drug-likeness (QED) is 0.674. The second-order valence-electron chi connectivity index (χ2n) is 5.69. The normalized spacial score (nSPS) is 12.0. The van der Waals surface area contributed by atoms with Crippen LogP contribution in [0.4, 0.5) is 5.69 Å². The van der Waals surface area contributed by atoms with Crippen LogP contribution >= 0.6 is 0 Å². The highest BCUT2D eigenvalue weighted by atomic mass is 15.1. The summed E-state index contributed by atoms with van der Waals surface area (Å²) in [6.45, 7) is 3.22. The van der Waals surface area contributed by atoms with Crippen molar-refractivity contribution < 1.29 is 0 Å². The molecule has 3 rings (SSSR count). The number of nitrogens with one attached hydrogen (secondary N) is 1. The molecule has 0 aliphatic rings. The van der Waals surface area contributed by atoms with Crippen LogP contribution in [0.3, 0.4) is 0 Å². The molecule has 0 amide bonds. The monoisotopic (exact) mass is 305 g/mol. The number of aryl methyl sites for hydroxylation is 1. The van der Waals surface area contributed by atoms with Crippen LogP contribution in [0.5, 0.6) is 0 Å². The van der Waals surface area contributed by atoms with Crippen molar-refractivity contribution >= 4 is 5.69 Å². The van der Waals surface area contributed by atoms with Crippen LogP contribution in [-0.2, 0) is 6.54 Å². The summed E-state index contributed by atoms with van der Waals surface area (Å²) in [7, 11) is 0. The number of hydrogen-bond acceptors (Lipinski definition) is 2. The van der Waals surface area contributed by atoms with Crippen LogP contribution < -0.4 is 5.32 Å². The van der Waals surface area contributed by atoms with Crippen molar-refractivity contribution in [2.24, 2.45) is 0 Å². The Labute approximate surface area is 138 Å². The van der Waals surface area contributed by atoms with E-state index in [9.17, 15) is 0 Å². The fraction of sp³-hybridized carbons (Fsp3) is 0.250. The maximum absolute atomic E-state index is 4.64. The molecule has 0 bridgehead atoms. The molecule has 3 heteroatoms. The van der Waals surface area contributed by atoms with Crippen molar-refractivity contribution in [2.45, 2.75) is 32.4 Å². The van der Waals surface area contributed by atoms with Crippen LogP contribution in [0.2, 0.25) is 0 Å². The second-order valence-corrected chi connectivity index (χ2v) is 5.69. The van der Waals surface area contributed by atoms with Gasteiger partial charge in [-0.3, -0.25) is 0 Å². The highest BCUT2D eigenvalue weighted by Crippen LogP contribution is 2.25. The molecule has 1 atom stereocenters.